The number of hydrogen-bond acceptors (Lipinski definition) is 3. The minimum Gasteiger partial charge on any atom is -0.380 e. The van der Waals surface area contributed by atoms with Crippen LogP contribution in [0.5, 0.6) is 0 Å². The third-order valence-corrected chi connectivity index (χ3v) is 5.61. The Morgan fingerprint density at radius 1 is 1.28 bits per heavy atom. The van der Waals surface area contributed by atoms with E-state index in [1.54, 1.807) is 12.1 Å². The number of sulfone groups is 1. The first-order valence-corrected chi connectivity index (χ1v) is 8.38. The van der Waals surface area contributed by atoms with Crippen LogP contribution in [-0.2, 0) is 9.84 Å². The molecule has 0 amide bonds. The Hall–Kier alpha value is -0.450. The Morgan fingerprint density at radius 3 is 2.67 bits per heavy atom. The van der Waals surface area contributed by atoms with Crippen molar-refractivity contribution in [2.75, 3.05) is 16.8 Å². The van der Waals surface area contributed by atoms with E-state index in [1.807, 2.05) is 6.92 Å². The van der Waals surface area contributed by atoms with Gasteiger partial charge in [-0.05, 0) is 37.5 Å². The summed E-state index contributed by atoms with van der Waals surface area (Å²) in [7, 11) is -2.92. The molecule has 0 aliphatic carbocycles. The molecule has 1 aromatic carbocycles. The Labute approximate surface area is 117 Å². The van der Waals surface area contributed by atoms with Gasteiger partial charge in [0.05, 0.1) is 22.2 Å². The number of anilines is 1. The van der Waals surface area contributed by atoms with Crippen molar-refractivity contribution in [3.05, 3.63) is 27.7 Å². The summed E-state index contributed by atoms with van der Waals surface area (Å²) < 4.78 is 23.1. The minimum atomic E-state index is -2.92. The number of benzene rings is 1. The van der Waals surface area contributed by atoms with Crippen LogP contribution < -0.4 is 5.32 Å². The monoisotopic (exact) mass is 307 g/mol. The lowest BCUT2D eigenvalue weighted by molar-refractivity contribution is 0.562. The highest BCUT2D eigenvalue weighted by molar-refractivity contribution is 7.91. The van der Waals surface area contributed by atoms with Gasteiger partial charge in [-0.15, -0.1) is 0 Å². The summed E-state index contributed by atoms with van der Waals surface area (Å²) in [5.74, 6) is 0.447. The second-order valence-corrected chi connectivity index (χ2v) is 7.72. The van der Waals surface area contributed by atoms with Crippen molar-refractivity contribution in [1.29, 1.82) is 0 Å². The summed E-state index contributed by atoms with van der Waals surface area (Å²) >= 11 is 12.2. The average molecular weight is 308 g/mol. The molecule has 1 aromatic rings. The standard InChI is InChI=1S/C12H15Cl2NO2S/c1-8-5-11(14)12(6-10(8)13)15-9-3-2-4-18(16,17)7-9/h5-6,9,15H,2-4,7H2,1H3. The maximum Gasteiger partial charge on any atom is 0.152 e. The highest BCUT2D eigenvalue weighted by atomic mass is 35.5. The third-order valence-electron chi connectivity index (χ3n) is 3.07. The van der Waals surface area contributed by atoms with Crippen LogP contribution in [0.4, 0.5) is 5.69 Å². The number of aryl methyl sites for hydroxylation is 1. The lowest BCUT2D eigenvalue weighted by Crippen LogP contribution is -2.34. The van der Waals surface area contributed by atoms with E-state index >= 15 is 0 Å². The van der Waals surface area contributed by atoms with E-state index in [0.717, 1.165) is 12.0 Å². The van der Waals surface area contributed by atoms with Crippen molar-refractivity contribution in [2.45, 2.75) is 25.8 Å². The number of rotatable bonds is 2. The van der Waals surface area contributed by atoms with Gasteiger partial charge >= 0.3 is 0 Å². The van der Waals surface area contributed by atoms with Crippen molar-refractivity contribution in [2.24, 2.45) is 0 Å². The van der Waals surface area contributed by atoms with E-state index in [0.29, 0.717) is 22.2 Å². The van der Waals surface area contributed by atoms with Crippen LogP contribution in [-0.4, -0.2) is 26.0 Å². The van der Waals surface area contributed by atoms with Crippen LogP contribution in [0.3, 0.4) is 0 Å². The van der Waals surface area contributed by atoms with Crippen LogP contribution in [0.25, 0.3) is 0 Å². The molecule has 0 spiro atoms. The zero-order valence-corrected chi connectivity index (χ0v) is 12.4. The molecule has 1 saturated heterocycles. The molecule has 2 rings (SSSR count). The molecule has 1 aliphatic rings. The van der Waals surface area contributed by atoms with Gasteiger partial charge < -0.3 is 5.32 Å². The maximum atomic E-state index is 11.6. The van der Waals surface area contributed by atoms with Crippen LogP contribution in [0.2, 0.25) is 10.0 Å². The summed E-state index contributed by atoms with van der Waals surface area (Å²) in [5.41, 5.74) is 1.61. The zero-order chi connectivity index (χ0) is 13.3. The average Bonchev–Trinajstić information content (AvgIpc) is 2.24. The number of nitrogens with one attached hydrogen (secondary N) is 1. The summed E-state index contributed by atoms with van der Waals surface area (Å²) in [6.45, 7) is 1.88. The topological polar surface area (TPSA) is 46.2 Å². The Morgan fingerprint density at radius 2 is 2.00 bits per heavy atom. The van der Waals surface area contributed by atoms with Crippen LogP contribution in [0.15, 0.2) is 12.1 Å². The summed E-state index contributed by atoms with van der Waals surface area (Å²) in [6.07, 6.45) is 1.53. The van der Waals surface area contributed by atoms with E-state index < -0.39 is 9.84 Å². The summed E-state index contributed by atoms with van der Waals surface area (Å²) in [4.78, 5) is 0. The largest absolute Gasteiger partial charge is 0.380 e. The van der Waals surface area contributed by atoms with Gasteiger partial charge in [0.2, 0.25) is 0 Å². The molecule has 1 fully saturated rings. The first kappa shape index (κ1) is 14.0. The van der Waals surface area contributed by atoms with E-state index in [4.69, 9.17) is 23.2 Å². The molecule has 0 bridgehead atoms. The molecule has 1 atom stereocenters. The fourth-order valence-corrected chi connectivity index (χ4v) is 4.19. The van der Waals surface area contributed by atoms with Gasteiger partial charge in [-0.3, -0.25) is 0 Å². The molecule has 0 aromatic heterocycles. The van der Waals surface area contributed by atoms with Crippen molar-refractivity contribution < 1.29 is 8.42 Å². The van der Waals surface area contributed by atoms with Crippen LogP contribution in [0, 0.1) is 6.92 Å². The highest BCUT2D eigenvalue weighted by Gasteiger charge is 2.25. The zero-order valence-electron chi connectivity index (χ0n) is 10.0. The summed E-state index contributed by atoms with van der Waals surface area (Å²) in [5, 5.41) is 4.37. The predicted octanol–water partition coefficient (Wildman–Crippen LogP) is 3.29. The van der Waals surface area contributed by atoms with Crippen molar-refractivity contribution in [3.63, 3.8) is 0 Å². The lowest BCUT2D eigenvalue weighted by atomic mass is 10.1. The number of halogens is 2. The first-order chi connectivity index (χ1) is 8.37. The van der Waals surface area contributed by atoms with Gasteiger partial charge in [0.25, 0.3) is 0 Å². The molecule has 0 saturated carbocycles. The summed E-state index contributed by atoms with van der Waals surface area (Å²) in [6, 6.07) is 3.45. The lowest BCUT2D eigenvalue weighted by Gasteiger charge is -2.24. The quantitative estimate of drug-likeness (QED) is 0.912. The molecule has 3 nitrogen and oxygen atoms in total. The van der Waals surface area contributed by atoms with Crippen LogP contribution in [0.1, 0.15) is 18.4 Å². The molecule has 6 heteroatoms. The Balaban J connectivity index is 2.17. The van der Waals surface area contributed by atoms with E-state index in [2.05, 4.69) is 5.32 Å². The fraction of sp³-hybridized carbons (Fsp3) is 0.500. The molecule has 18 heavy (non-hydrogen) atoms. The molecule has 1 unspecified atom stereocenters. The van der Waals surface area contributed by atoms with Gasteiger partial charge in [-0.25, -0.2) is 8.42 Å². The minimum absolute atomic E-state index is 0.0833. The Kier molecular flexibility index (Phi) is 4.09. The maximum absolute atomic E-state index is 11.6. The van der Waals surface area contributed by atoms with E-state index in [9.17, 15) is 8.42 Å². The van der Waals surface area contributed by atoms with Gasteiger partial charge in [-0.1, -0.05) is 23.2 Å². The van der Waals surface area contributed by atoms with Crippen molar-refractivity contribution >= 4 is 38.7 Å². The van der Waals surface area contributed by atoms with Gasteiger partial charge in [0.1, 0.15) is 0 Å². The van der Waals surface area contributed by atoms with Crippen molar-refractivity contribution in [3.8, 4) is 0 Å². The van der Waals surface area contributed by atoms with Gasteiger partial charge in [0.15, 0.2) is 9.84 Å². The van der Waals surface area contributed by atoms with E-state index in [-0.39, 0.29) is 17.5 Å². The Bertz CT molecular complexity index is 557. The van der Waals surface area contributed by atoms with E-state index in [1.165, 1.54) is 0 Å². The van der Waals surface area contributed by atoms with Gasteiger partial charge in [0, 0.05) is 11.1 Å². The molecular weight excluding hydrogens is 293 g/mol. The first-order valence-electron chi connectivity index (χ1n) is 5.80. The second kappa shape index (κ2) is 5.27. The predicted molar refractivity (Wildman–Crippen MR) is 76.5 cm³/mol. The molecular formula is C12H15Cl2NO2S. The molecule has 1 heterocycles. The normalized spacial score (nSPS) is 22.7. The SMILES string of the molecule is Cc1cc(Cl)c(NC2CCCS(=O)(=O)C2)cc1Cl. The fourth-order valence-electron chi connectivity index (χ4n) is 2.11. The number of hydrogen-bond donors (Lipinski definition) is 1. The smallest absolute Gasteiger partial charge is 0.152 e. The molecule has 1 N–H and O–H groups in total. The second-order valence-electron chi connectivity index (χ2n) is 4.68. The molecule has 1 aliphatic heterocycles. The van der Waals surface area contributed by atoms with Gasteiger partial charge in [-0.2, -0.15) is 0 Å². The van der Waals surface area contributed by atoms with Crippen LogP contribution >= 0.6 is 23.2 Å². The molecule has 0 radical (unpaired) electrons. The highest BCUT2D eigenvalue weighted by Crippen LogP contribution is 2.30. The molecule has 100 valence electrons. The third kappa shape index (κ3) is 3.31. The van der Waals surface area contributed by atoms with Crippen molar-refractivity contribution in [1.82, 2.24) is 0 Å².